The Balaban J connectivity index is 1.69. The number of carbonyl (C=O) groups is 2. The number of nitrogens with one attached hydrogen (secondary N) is 1. The molecule has 2 amide bonds. The lowest BCUT2D eigenvalue weighted by Crippen LogP contribution is -2.49. The Morgan fingerprint density at radius 2 is 1.95 bits per heavy atom. The molecule has 2 atom stereocenters. The third-order valence-electron chi connectivity index (χ3n) is 4.36. The summed E-state index contributed by atoms with van der Waals surface area (Å²) in [5.41, 5.74) is 0. The Bertz CT molecular complexity index is 371. The number of hydrogen-bond acceptors (Lipinski definition) is 3. The van der Waals surface area contributed by atoms with E-state index >= 15 is 0 Å². The van der Waals surface area contributed by atoms with E-state index in [1.165, 1.54) is 12.8 Å². The molecule has 0 spiro atoms. The third-order valence-corrected chi connectivity index (χ3v) is 4.36. The zero-order valence-corrected chi connectivity index (χ0v) is 12.7. The van der Waals surface area contributed by atoms with Gasteiger partial charge in [-0.3, -0.25) is 4.79 Å². The molecule has 2 rings (SSSR count). The molecule has 6 heteroatoms. The second-order valence-electron chi connectivity index (χ2n) is 6.23. The van der Waals surface area contributed by atoms with Crippen LogP contribution in [0.1, 0.15) is 38.5 Å². The number of hydrogen-bond donors (Lipinski definition) is 2. The van der Waals surface area contributed by atoms with Crippen LogP contribution in [0.2, 0.25) is 0 Å². The van der Waals surface area contributed by atoms with Crippen molar-refractivity contribution >= 4 is 12.0 Å². The van der Waals surface area contributed by atoms with Crippen LogP contribution in [0.25, 0.3) is 0 Å². The van der Waals surface area contributed by atoms with Gasteiger partial charge < -0.3 is 20.1 Å². The van der Waals surface area contributed by atoms with Crippen molar-refractivity contribution in [3.8, 4) is 0 Å². The highest BCUT2D eigenvalue weighted by molar-refractivity contribution is 5.76. The predicted molar refractivity (Wildman–Crippen MR) is 78.1 cm³/mol. The normalized spacial score (nSPS) is 25.4. The quantitative estimate of drug-likeness (QED) is 0.701. The molecule has 0 aromatic carbocycles. The molecule has 2 fully saturated rings. The SMILES string of the molecule is CN(CCOCC1CC1)C(=O)NC1CCCCC1C(=O)O. The summed E-state index contributed by atoms with van der Waals surface area (Å²) in [5, 5.41) is 12.1. The number of urea groups is 1. The standard InChI is InChI=1S/C15H26N2O4/c1-17(8-9-21-10-11-6-7-11)15(20)16-13-5-3-2-4-12(13)14(18)19/h11-13H,2-10H2,1H3,(H,16,20)(H,18,19). The van der Waals surface area contributed by atoms with Gasteiger partial charge in [0.2, 0.25) is 0 Å². The predicted octanol–water partition coefficient (Wildman–Crippen LogP) is 1.70. The van der Waals surface area contributed by atoms with Crippen LogP contribution in [0.15, 0.2) is 0 Å². The zero-order chi connectivity index (χ0) is 15.2. The lowest BCUT2D eigenvalue weighted by Gasteiger charge is -2.31. The van der Waals surface area contributed by atoms with E-state index in [0.717, 1.165) is 31.8 Å². The summed E-state index contributed by atoms with van der Waals surface area (Å²) < 4.78 is 5.51. The molecule has 0 aliphatic heterocycles. The molecule has 6 nitrogen and oxygen atoms in total. The molecule has 0 aromatic heterocycles. The minimum atomic E-state index is -0.810. The highest BCUT2D eigenvalue weighted by atomic mass is 16.5. The monoisotopic (exact) mass is 298 g/mol. The van der Waals surface area contributed by atoms with E-state index in [-0.39, 0.29) is 12.1 Å². The van der Waals surface area contributed by atoms with Gasteiger partial charge in [-0.2, -0.15) is 0 Å². The molecular weight excluding hydrogens is 272 g/mol. The van der Waals surface area contributed by atoms with E-state index in [2.05, 4.69) is 5.32 Å². The first-order chi connectivity index (χ1) is 10.1. The lowest BCUT2D eigenvalue weighted by atomic mass is 9.84. The maximum atomic E-state index is 12.1. The number of nitrogens with zero attached hydrogens (tertiary/aromatic N) is 1. The Morgan fingerprint density at radius 3 is 2.62 bits per heavy atom. The van der Waals surface area contributed by atoms with E-state index in [0.29, 0.717) is 19.6 Å². The van der Waals surface area contributed by atoms with Gasteiger partial charge in [-0.25, -0.2) is 4.79 Å². The number of carboxylic acid groups (broad SMARTS) is 1. The van der Waals surface area contributed by atoms with Crippen molar-refractivity contribution in [1.82, 2.24) is 10.2 Å². The molecule has 2 aliphatic carbocycles. The molecule has 0 heterocycles. The van der Waals surface area contributed by atoms with Gasteiger partial charge in [0.05, 0.1) is 12.5 Å². The highest BCUT2D eigenvalue weighted by Gasteiger charge is 2.32. The van der Waals surface area contributed by atoms with E-state index in [9.17, 15) is 14.7 Å². The summed E-state index contributed by atoms with van der Waals surface area (Å²) in [6, 6.07) is -0.457. The van der Waals surface area contributed by atoms with Crippen LogP contribution in [0, 0.1) is 11.8 Å². The van der Waals surface area contributed by atoms with Crippen LogP contribution in [0.4, 0.5) is 4.79 Å². The van der Waals surface area contributed by atoms with E-state index < -0.39 is 11.9 Å². The number of ether oxygens (including phenoxy) is 1. The van der Waals surface area contributed by atoms with Crippen LogP contribution in [0.5, 0.6) is 0 Å². The first-order valence-electron chi connectivity index (χ1n) is 7.90. The molecule has 120 valence electrons. The lowest BCUT2D eigenvalue weighted by molar-refractivity contribution is -0.143. The van der Waals surface area contributed by atoms with Gasteiger partial charge in [0.15, 0.2) is 0 Å². The number of carboxylic acids is 1. The summed E-state index contributed by atoms with van der Waals surface area (Å²) in [6.45, 7) is 1.86. The molecule has 2 aliphatic rings. The van der Waals surface area contributed by atoms with E-state index in [1.807, 2.05) is 0 Å². The molecule has 2 N–H and O–H groups in total. The Labute approximate surface area is 125 Å². The molecule has 21 heavy (non-hydrogen) atoms. The molecule has 0 aromatic rings. The summed E-state index contributed by atoms with van der Waals surface area (Å²) in [5.74, 6) is -0.541. The van der Waals surface area contributed by atoms with Gasteiger partial charge in [0.1, 0.15) is 0 Å². The molecule has 0 radical (unpaired) electrons. The zero-order valence-electron chi connectivity index (χ0n) is 12.7. The van der Waals surface area contributed by atoms with E-state index in [4.69, 9.17) is 4.74 Å². The van der Waals surface area contributed by atoms with Crippen molar-refractivity contribution in [2.75, 3.05) is 26.8 Å². The largest absolute Gasteiger partial charge is 0.481 e. The fourth-order valence-corrected chi connectivity index (χ4v) is 2.71. The second kappa shape index (κ2) is 7.64. The number of aliphatic carboxylic acids is 1. The molecule has 2 unspecified atom stereocenters. The Kier molecular flexibility index (Phi) is 5.85. The molecule has 2 saturated carbocycles. The fourth-order valence-electron chi connectivity index (χ4n) is 2.71. The van der Waals surface area contributed by atoms with Crippen LogP contribution in [-0.4, -0.2) is 54.9 Å². The van der Waals surface area contributed by atoms with Crippen molar-refractivity contribution < 1.29 is 19.4 Å². The van der Waals surface area contributed by atoms with Gasteiger partial charge in [0, 0.05) is 26.2 Å². The van der Waals surface area contributed by atoms with Gasteiger partial charge >= 0.3 is 12.0 Å². The van der Waals surface area contributed by atoms with Gasteiger partial charge in [0.25, 0.3) is 0 Å². The molecule has 0 saturated heterocycles. The highest BCUT2D eigenvalue weighted by Crippen LogP contribution is 2.28. The number of likely N-dealkylation sites (N-methyl/N-ethyl adjacent to an activating group) is 1. The van der Waals surface area contributed by atoms with Crippen LogP contribution >= 0.6 is 0 Å². The number of rotatable bonds is 7. The van der Waals surface area contributed by atoms with Crippen LogP contribution in [-0.2, 0) is 9.53 Å². The molecule has 0 bridgehead atoms. The first kappa shape index (κ1) is 16.1. The third kappa shape index (κ3) is 5.19. The van der Waals surface area contributed by atoms with E-state index in [1.54, 1.807) is 11.9 Å². The smallest absolute Gasteiger partial charge is 0.317 e. The number of amides is 2. The minimum absolute atomic E-state index is 0.205. The minimum Gasteiger partial charge on any atom is -0.481 e. The Hall–Kier alpha value is -1.30. The summed E-state index contributed by atoms with van der Waals surface area (Å²) in [4.78, 5) is 24.9. The summed E-state index contributed by atoms with van der Waals surface area (Å²) >= 11 is 0. The van der Waals surface area contributed by atoms with Gasteiger partial charge in [-0.15, -0.1) is 0 Å². The summed E-state index contributed by atoms with van der Waals surface area (Å²) in [6.07, 6.45) is 5.81. The van der Waals surface area contributed by atoms with Crippen molar-refractivity contribution in [3.05, 3.63) is 0 Å². The van der Waals surface area contributed by atoms with Crippen LogP contribution < -0.4 is 5.32 Å². The van der Waals surface area contributed by atoms with Gasteiger partial charge in [-0.1, -0.05) is 12.8 Å². The Morgan fingerprint density at radius 1 is 1.24 bits per heavy atom. The first-order valence-corrected chi connectivity index (χ1v) is 7.90. The van der Waals surface area contributed by atoms with Gasteiger partial charge in [-0.05, 0) is 31.6 Å². The molecular formula is C15H26N2O4. The second-order valence-corrected chi connectivity index (χ2v) is 6.23. The average molecular weight is 298 g/mol. The van der Waals surface area contributed by atoms with Crippen molar-refractivity contribution in [2.45, 2.75) is 44.6 Å². The van der Waals surface area contributed by atoms with Crippen molar-refractivity contribution in [2.24, 2.45) is 11.8 Å². The number of carbonyl (C=O) groups excluding carboxylic acids is 1. The fraction of sp³-hybridized carbons (Fsp3) is 0.867. The summed E-state index contributed by atoms with van der Waals surface area (Å²) in [7, 11) is 1.72. The maximum absolute atomic E-state index is 12.1. The van der Waals surface area contributed by atoms with Crippen LogP contribution in [0.3, 0.4) is 0 Å². The van der Waals surface area contributed by atoms with Crippen molar-refractivity contribution in [3.63, 3.8) is 0 Å². The average Bonchev–Trinajstić information content (AvgIpc) is 3.27. The maximum Gasteiger partial charge on any atom is 0.317 e. The topological polar surface area (TPSA) is 78.9 Å². The van der Waals surface area contributed by atoms with Crippen molar-refractivity contribution in [1.29, 1.82) is 0 Å².